The molecule has 0 bridgehead atoms. The average Bonchev–Trinajstić information content (AvgIpc) is 2.59. The minimum Gasteiger partial charge on any atom is -0.464 e. The Labute approximate surface area is 183 Å². The second kappa shape index (κ2) is 12.1. The van der Waals surface area contributed by atoms with Crippen molar-refractivity contribution in [3.63, 3.8) is 0 Å². The van der Waals surface area contributed by atoms with Gasteiger partial charge in [-0.25, -0.2) is 4.79 Å². The Morgan fingerprint density at radius 3 is 2.31 bits per heavy atom. The number of halogens is 2. The van der Waals surface area contributed by atoms with Crippen molar-refractivity contribution in [3.05, 3.63) is 29.3 Å². The molecule has 1 aromatic rings. The van der Waals surface area contributed by atoms with Crippen LogP contribution in [0.1, 0.15) is 38.8 Å². The number of rotatable bonds is 10. The van der Waals surface area contributed by atoms with Crippen molar-refractivity contribution in [2.24, 2.45) is 0 Å². The first-order valence-corrected chi connectivity index (χ1v) is 10.7. The summed E-state index contributed by atoms with van der Waals surface area (Å²) >= 11 is 11.8. The third-order valence-corrected chi connectivity index (χ3v) is 4.42. The van der Waals surface area contributed by atoms with Crippen LogP contribution in [0.5, 0.6) is 0 Å². The standard InChI is InChI=1S/C21H32Cl2N2O4/c1-15-6-7-19(25(10-8-22)11-9-23)13-17(15)12-18(14-28-16(2)26)24-20(27)29-21(3,4)5/h6-7,13,18H,8-12,14H2,1-5H3,(H,24,27)/t18-/m1/s1. The molecule has 164 valence electrons. The van der Waals surface area contributed by atoms with Crippen molar-refractivity contribution in [2.45, 2.75) is 52.7 Å². The number of carbonyl (C=O) groups is 2. The molecule has 0 spiro atoms. The second-order valence-corrected chi connectivity index (χ2v) is 8.58. The van der Waals surface area contributed by atoms with Crippen molar-refractivity contribution in [1.29, 1.82) is 0 Å². The Morgan fingerprint density at radius 1 is 1.17 bits per heavy atom. The van der Waals surface area contributed by atoms with Crippen molar-refractivity contribution < 1.29 is 19.1 Å². The van der Waals surface area contributed by atoms with Gasteiger partial charge in [0.2, 0.25) is 0 Å². The van der Waals surface area contributed by atoms with Crippen LogP contribution in [0.4, 0.5) is 10.5 Å². The highest BCUT2D eigenvalue weighted by molar-refractivity contribution is 6.18. The number of benzene rings is 1. The minimum absolute atomic E-state index is 0.0608. The van der Waals surface area contributed by atoms with Gasteiger partial charge in [-0.3, -0.25) is 4.79 Å². The Balaban J connectivity index is 3.02. The van der Waals surface area contributed by atoms with Crippen LogP contribution in [0.2, 0.25) is 0 Å². The molecule has 0 fully saturated rings. The number of ether oxygens (including phenoxy) is 2. The summed E-state index contributed by atoms with van der Waals surface area (Å²) < 4.78 is 10.5. The maximum Gasteiger partial charge on any atom is 0.408 e. The van der Waals surface area contributed by atoms with Crippen LogP contribution in [0.3, 0.4) is 0 Å². The van der Waals surface area contributed by atoms with Crippen molar-refractivity contribution in [3.8, 4) is 0 Å². The van der Waals surface area contributed by atoms with E-state index in [4.69, 9.17) is 32.7 Å². The molecule has 1 amide bonds. The predicted octanol–water partition coefficient (Wildman–Crippen LogP) is 4.28. The molecule has 0 aliphatic heterocycles. The van der Waals surface area contributed by atoms with Crippen molar-refractivity contribution in [1.82, 2.24) is 5.32 Å². The van der Waals surface area contributed by atoms with E-state index in [1.165, 1.54) is 6.92 Å². The normalized spacial score (nSPS) is 12.2. The lowest BCUT2D eigenvalue weighted by molar-refractivity contribution is -0.141. The number of nitrogens with one attached hydrogen (secondary N) is 1. The van der Waals surface area contributed by atoms with Crippen LogP contribution in [-0.2, 0) is 20.7 Å². The zero-order chi connectivity index (χ0) is 22.0. The summed E-state index contributed by atoms with van der Waals surface area (Å²) in [5, 5.41) is 2.81. The molecule has 0 aliphatic rings. The summed E-state index contributed by atoms with van der Waals surface area (Å²) in [4.78, 5) is 25.6. The molecule has 0 saturated heterocycles. The smallest absolute Gasteiger partial charge is 0.408 e. The van der Waals surface area contributed by atoms with Gasteiger partial charge in [0.05, 0.1) is 6.04 Å². The molecule has 0 heterocycles. The fraction of sp³-hybridized carbons (Fsp3) is 0.619. The highest BCUT2D eigenvalue weighted by Crippen LogP contribution is 2.21. The van der Waals surface area contributed by atoms with Crippen LogP contribution < -0.4 is 10.2 Å². The lowest BCUT2D eigenvalue weighted by Crippen LogP contribution is -2.43. The molecule has 1 N–H and O–H groups in total. The molecule has 1 aromatic carbocycles. The molecule has 1 atom stereocenters. The van der Waals surface area contributed by atoms with Gasteiger partial charge < -0.3 is 19.7 Å². The summed E-state index contributed by atoms with van der Waals surface area (Å²) in [5.74, 6) is 0.590. The van der Waals surface area contributed by atoms with E-state index in [1.807, 2.05) is 19.1 Å². The van der Waals surface area contributed by atoms with E-state index < -0.39 is 23.7 Å². The first kappa shape index (κ1) is 25.4. The monoisotopic (exact) mass is 446 g/mol. The molecule has 0 saturated carbocycles. The van der Waals surface area contributed by atoms with Crippen molar-refractivity contribution in [2.75, 3.05) is 36.4 Å². The number of alkyl halides is 2. The van der Waals surface area contributed by atoms with Crippen molar-refractivity contribution >= 4 is 41.0 Å². The summed E-state index contributed by atoms with van der Waals surface area (Å²) in [6.45, 7) is 10.2. The van der Waals surface area contributed by atoms with Crippen LogP contribution in [-0.4, -0.2) is 55.2 Å². The van der Waals surface area contributed by atoms with Crippen LogP contribution in [0, 0.1) is 6.92 Å². The Hall–Kier alpha value is -1.66. The van der Waals surface area contributed by atoms with Crippen LogP contribution in [0.25, 0.3) is 0 Å². The molecule has 0 aromatic heterocycles. The molecular weight excluding hydrogens is 415 g/mol. The molecule has 1 rings (SSSR count). The predicted molar refractivity (Wildman–Crippen MR) is 118 cm³/mol. The first-order valence-electron chi connectivity index (χ1n) is 9.65. The fourth-order valence-corrected chi connectivity index (χ4v) is 3.17. The highest BCUT2D eigenvalue weighted by atomic mass is 35.5. The summed E-state index contributed by atoms with van der Waals surface area (Å²) in [7, 11) is 0. The Kier molecular flexibility index (Phi) is 10.6. The second-order valence-electron chi connectivity index (χ2n) is 7.83. The van der Waals surface area contributed by atoms with Gasteiger partial charge in [0.15, 0.2) is 0 Å². The van der Waals surface area contributed by atoms with Gasteiger partial charge in [0.25, 0.3) is 0 Å². The number of hydrogen-bond donors (Lipinski definition) is 1. The number of amides is 1. The average molecular weight is 447 g/mol. The lowest BCUT2D eigenvalue weighted by atomic mass is 10.00. The summed E-state index contributed by atoms with van der Waals surface area (Å²) in [6.07, 6.45) is -0.0590. The minimum atomic E-state index is -0.616. The molecule has 29 heavy (non-hydrogen) atoms. The van der Waals surface area contributed by atoms with Gasteiger partial charge in [-0.15, -0.1) is 23.2 Å². The van der Waals surface area contributed by atoms with Gasteiger partial charge in [-0.05, 0) is 57.4 Å². The van der Waals surface area contributed by atoms with Gasteiger partial charge in [-0.2, -0.15) is 0 Å². The molecule has 0 aliphatic carbocycles. The SMILES string of the molecule is CC(=O)OC[C@@H](Cc1cc(N(CCCl)CCCl)ccc1C)NC(=O)OC(C)(C)C. The van der Waals surface area contributed by atoms with E-state index >= 15 is 0 Å². The number of hydrogen-bond acceptors (Lipinski definition) is 5. The number of carbonyl (C=O) groups excluding carboxylic acids is 2. The van der Waals surface area contributed by atoms with E-state index in [0.717, 1.165) is 16.8 Å². The Morgan fingerprint density at radius 2 is 1.79 bits per heavy atom. The number of alkyl carbamates (subject to hydrolysis) is 1. The van der Waals surface area contributed by atoms with Gasteiger partial charge in [0, 0.05) is 37.5 Å². The van der Waals surface area contributed by atoms with Gasteiger partial charge >= 0.3 is 12.1 Å². The molecule has 0 unspecified atom stereocenters. The van der Waals surface area contributed by atoms with Gasteiger partial charge in [-0.1, -0.05) is 6.07 Å². The van der Waals surface area contributed by atoms with E-state index in [0.29, 0.717) is 31.3 Å². The third-order valence-electron chi connectivity index (χ3n) is 4.08. The number of nitrogens with zero attached hydrogens (tertiary/aromatic N) is 1. The van der Waals surface area contributed by atoms with E-state index in [-0.39, 0.29) is 6.61 Å². The highest BCUT2D eigenvalue weighted by Gasteiger charge is 2.21. The Bertz CT molecular complexity index is 671. The van der Waals surface area contributed by atoms with Crippen LogP contribution in [0.15, 0.2) is 18.2 Å². The fourth-order valence-electron chi connectivity index (χ4n) is 2.76. The van der Waals surface area contributed by atoms with E-state index in [2.05, 4.69) is 16.3 Å². The third kappa shape index (κ3) is 10.1. The quantitative estimate of drug-likeness (QED) is 0.429. The number of esters is 1. The first-order chi connectivity index (χ1) is 13.6. The lowest BCUT2D eigenvalue weighted by Gasteiger charge is -2.26. The maximum absolute atomic E-state index is 12.2. The molecular formula is C21H32Cl2N2O4. The molecule has 8 heteroatoms. The topological polar surface area (TPSA) is 67.9 Å². The van der Waals surface area contributed by atoms with Gasteiger partial charge in [0.1, 0.15) is 12.2 Å². The number of anilines is 1. The summed E-state index contributed by atoms with van der Waals surface area (Å²) in [5.41, 5.74) is 2.50. The van der Waals surface area contributed by atoms with Crippen LogP contribution >= 0.6 is 23.2 Å². The molecule has 0 radical (unpaired) electrons. The summed E-state index contributed by atoms with van der Waals surface area (Å²) in [6, 6.07) is 5.69. The maximum atomic E-state index is 12.2. The zero-order valence-corrected chi connectivity index (χ0v) is 19.4. The zero-order valence-electron chi connectivity index (χ0n) is 17.9. The van der Waals surface area contributed by atoms with E-state index in [9.17, 15) is 9.59 Å². The van der Waals surface area contributed by atoms with E-state index in [1.54, 1.807) is 20.8 Å². The molecule has 6 nitrogen and oxygen atoms in total. The largest absolute Gasteiger partial charge is 0.464 e. The number of aryl methyl sites for hydroxylation is 1.